The summed E-state index contributed by atoms with van der Waals surface area (Å²) in [4.78, 5) is 0. The van der Waals surface area contributed by atoms with E-state index in [9.17, 15) is 15.3 Å². The van der Waals surface area contributed by atoms with Gasteiger partial charge in [0.2, 0.25) is 0 Å². The molecule has 2 rings (SSSR count). The predicted molar refractivity (Wildman–Crippen MR) is 110 cm³/mol. The molecule has 0 spiro atoms. The molecule has 1 aliphatic rings. The zero-order chi connectivity index (χ0) is 20.4. The fourth-order valence-corrected chi connectivity index (χ4v) is 3.68. The van der Waals surface area contributed by atoms with Gasteiger partial charge in [0.15, 0.2) is 0 Å². The molecule has 0 saturated heterocycles. The number of hydrogen-bond acceptors (Lipinski definition) is 5. The third-order valence-corrected chi connectivity index (χ3v) is 5.28. The Morgan fingerprint density at radius 3 is 2.75 bits per heavy atom. The van der Waals surface area contributed by atoms with E-state index in [0.29, 0.717) is 23.6 Å². The van der Waals surface area contributed by atoms with Crippen LogP contribution in [0.2, 0.25) is 5.02 Å². The maximum Gasteiger partial charge on any atom is 0.120 e. The molecule has 6 heteroatoms. The van der Waals surface area contributed by atoms with Crippen molar-refractivity contribution in [3.63, 3.8) is 0 Å². The molecule has 1 aromatic carbocycles. The Balaban J connectivity index is 1.84. The number of aliphatic hydroxyl groups is 4. The summed E-state index contributed by atoms with van der Waals surface area (Å²) < 4.78 is 5.52. The lowest BCUT2D eigenvalue weighted by atomic mass is 9.89. The normalized spacial score (nSPS) is 26.3. The summed E-state index contributed by atoms with van der Waals surface area (Å²) in [5.74, 6) is 0.291. The van der Waals surface area contributed by atoms with E-state index in [2.05, 4.69) is 6.08 Å². The lowest BCUT2D eigenvalue weighted by Crippen LogP contribution is -2.21. The van der Waals surface area contributed by atoms with Gasteiger partial charge in [-0.15, -0.1) is 0 Å². The van der Waals surface area contributed by atoms with Crippen LogP contribution >= 0.6 is 11.6 Å². The van der Waals surface area contributed by atoms with Crippen LogP contribution in [0.3, 0.4) is 0 Å². The van der Waals surface area contributed by atoms with Gasteiger partial charge in [-0.1, -0.05) is 42.0 Å². The van der Waals surface area contributed by atoms with Crippen molar-refractivity contribution in [1.29, 1.82) is 0 Å². The Morgan fingerprint density at radius 2 is 2.00 bits per heavy atom. The van der Waals surface area contributed by atoms with E-state index >= 15 is 0 Å². The van der Waals surface area contributed by atoms with Crippen molar-refractivity contribution in [2.24, 2.45) is 11.8 Å². The van der Waals surface area contributed by atoms with Gasteiger partial charge in [-0.3, -0.25) is 0 Å². The minimum absolute atomic E-state index is 0.0810. The van der Waals surface area contributed by atoms with Gasteiger partial charge >= 0.3 is 0 Å². The van der Waals surface area contributed by atoms with Crippen molar-refractivity contribution >= 4 is 11.6 Å². The van der Waals surface area contributed by atoms with Crippen LogP contribution in [-0.2, 0) is 0 Å². The first-order valence-electron chi connectivity index (χ1n) is 9.88. The quantitative estimate of drug-likeness (QED) is 0.332. The molecule has 5 atom stereocenters. The molecule has 0 aliphatic heterocycles. The van der Waals surface area contributed by atoms with Crippen LogP contribution in [0.5, 0.6) is 5.75 Å². The van der Waals surface area contributed by atoms with Crippen molar-refractivity contribution in [2.75, 3.05) is 13.2 Å². The number of hydrogen-bond donors (Lipinski definition) is 4. The molecule has 5 unspecified atom stereocenters. The second-order valence-electron chi connectivity index (χ2n) is 7.26. The molecule has 0 bridgehead atoms. The van der Waals surface area contributed by atoms with E-state index < -0.39 is 18.3 Å². The molecular weight excluding hydrogens is 380 g/mol. The highest BCUT2D eigenvalue weighted by molar-refractivity contribution is 6.30. The minimum Gasteiger partial charge on any atom is -0.491 e. The van der Waals surface area contributed by atoms with Crippen molar-refractivity contribution in [2.45, 2.75) is 50.4 Å². The molecule has 0 heterocycles. The van der Waals surface area contributed by atoms with Crippen LogP contribution in [0.25, 0.3) is 0 Å². The van der Waals surface area contributed by atoms with E-state index in [1.54, 1.807) is 36.4 Å². The Bertz CT molecular complexity index is 633. The van der Waals surface area contributed by atoms with Crippen molar-refractivity contribution in [3.05, 3.63) is 53.6 Å². The molecule has 1 aromatic rings. The molecule has 4 N–H and O–H groups in total. The first-order valence-corrected chi connectivity index (χ1v) is 10.3. The van der Waals surface area contributed by atoms with Gasteiger partial charge in [0.05, 0.1) is 12.2 Å². The third kappa shape index (κ3) is 7.57. The van der Waals surface area contributed by atoms with Crippen LogP contribution in [0.4, 0.5) is 0 Å². The Kier molecular flexibility index (Phi) is 10.0. The summed E-state index contributed by atoms with van der Waals surface area (Å²) in [6.07, 6.45) is 9.11. The topological polar surface area (TPSA) is 90.2 Å². The minimum atomic E-state index is -0.821. The second-order valence-corrected chi connectivity index (χ2v) is 7.70. The molecule has 156 valence electrons. The van der Waals surface area contributed by atoms with Crippen LogP contribution in [0, 0.1) is 11.8 Å². The van der Waals surface area contributed by atoms with E-state index in [0.717, 1.165) is 19.3 Å². The third-order valence-electron chi connectivity index (χ3n) is 5.04. The molecule has 28 heavy (non-hydrogen) atoms. The highest BCUT2D eigenvalue weighted by Crippen LogP contribution is 2.36. The second kappa shape index (κ2) is 12.2. The average Bonchev–Trinajstić information content (AvgIpc) is 2.94. The predicted octanol–water partition coefficient (Wildman–Crippen LogP) is 3.10. The number of rotatable bonds is 11. The average molecular weight is 411 g/mol. The number of ether oxygens (including phenoxy) is 1. The molecule has 0 amide bonds. The zero-order valence-electron chi connectivity index (χ0n) is 16.0. The summed E-state index contributed by atoms with van der Waals surface area (Å²) in [5, 5.41) is 40.0. The number of unbranched alkanes of at least 4 members (excludes halogenated alkanes) is 2. The molecule has 0 radical (unpaired) electrons. The largest absolute Gasteiger partial charge is 0.491 e. The fourth-order valence-electron chi connectivity index (χ4n) is 3.50. The summed E-state index contributed by atoms with van der Waals surface area (Å²) in [7, 11) is 0. The molecule has 0 aromatic heterocycles. The van der Waals surface area contributed by atoms with Crippen LogP contribution in [0.1, 0.15) is 32.1 Å². The van der Waals surface area contributed by atoms with Gasteiger partial charge < -0.3 is 25.2 Å². The number of benzene rings is 1. The maximum atomic E-state index is 10.3. The van der Waals surface area contributed by atoms with Gasteiger partial charge in [0.1, 0.15) is 18.5 Å². The van der Waals surface area contributed by atoms with Gasteiger partial charge in [0.25, 0.3) is 0 Å². The van der Waals surface area contributed by atoms with Crippen molar-refractivity contribution in [3.8, 4) is 5.75 Å². The smallest absolute Gasteiger partial charge is 0.120 e. The molecular formula is C22H31ClO5. The summed E-state index contributed by atoms with van der Waals surface area (Å²) >= 11 is 5.91. The molecule has 1 saturated carbocycles. The van der Waals surface area contributed by atoms with E-state index in [4.69, 9.17) is 21.4 Å². The van der Waals surface area contributed by atoms with Crippen molar-refractivity contribution in [1.82, 2.24) is 0 Å². The number of allylic oxidation sites excluding steroid dienone is 2. The fraction of sp³-hybridized carbons (Fsp3) is 0.545. The Labute approximate surface area is 171 Å². The van der Waals surface area contributed by atoms with E-state index in [1.165, 1.54) is 0 Å². The van der Waals surface area contributed by atoms with Gasteiger partial charge in [-0.25, -0.2) is 0 Å². The first-order chi connectivity index (χ1) is 13.5. The SMILES string of the molecule is OCCCC/C=C/CC1C(O)CC(O)C1/C=C/C(O)COc1cccc(Cl)c1. The monoisotopic (exact) mass is 410 g/mol. The standard InChI is InChI=1S/C22H31ClO5/c23-16-7-6-8-18(13-16)28-15-17(25)10-11-20-19(21(26)14-22(20)27)9-4-2-1-3-5-12-24/h2,4,6-8,10-11,13,17,19-22,24-27H,1,3,5,9,12,14-15H2/b4-2+,11-10+. The lowest BCUT2D eigenvalue weighted by Gasteiger charge is -2.19. The van der Waals surface area contributed by atoms with Gasteiger partial charge in [-0.05, 0) is 49.8 Å². The molecule has 1 fully saturated rings. The highest BCUT2D eigenvalue weighted by atomic mass is 35.5. The highest BCUT2D eigenvalue weighted by Gasteiger charge is 2.39. The van der Waals surface area contributed by atoms with Crippen LogP contribution < -0.4 is 4.74 Å². The van der Waals surface area contributed by atoms with E-state index in [-0.39, 0.29) is 25.0 Å². The van der Waals surface area contributed by atoms with Gasteiger partial charge in [-0.2, -0.15) is 0 Å². The van der Waals surface area contributed by atoms with Crippen molar-refractivity contribution < 1.29 is 25.2 Å². The Morgan fingerprint density at radius 1 is 1.18 bits per heavy atom. The van der Waals surface area contributed by atoms with E-state index in [1.807, 2.05) is 6.08 Å². The van der Waals surface area contributed by atoms with Crippen LogP contribution in [-0.4, -0.2) is 52.0 Å². The zero-order valence-corrected chi connectivity index (χ0v) is 16.8. The number of halogens is 1. The molecule has 5 nitrogen and oxygen atoms in total. The Hall–Kier alpha value is -1.37. The van der Waals surface area contributed by atoms with Gasteiger partial charge in [0, 0.05) is 24.0 Å². The first kappa shape index (κ1) is 22.9. The summed E-state index contributed by atoms with van der Waals surface area (Å²) in [5.41, 5.74) is 0. The van der Waals surface area contributed by atoms with Crippen LogP contribution in [0.15, 0.2) is 48.6 Å². The summed E-state index contributed by atoms with van der Waals surface area (Å²) in [6, 6.07) is 6.97. The molecule has 1 aliphatic carbocycles. The maximum absolute atomic E-state index is 10.3. The number of aliphatic hydroxyl groups excluding tert-OH is 4. The lowest BCUT2D eigenvalue weighted by molar-refractivity contribution is 0.120. The summed E-state index contributed by atoms with van der Waals surface area (Å²) in [6.45, 7) is 0.287.